The third-order valence-electron chi connectivity index (χ3n) is 21.8. The number of likely N-dealkylation sites (tertiary alicyclic amines) is 2. The van der Waals surface area contributed by atoms with Gasteiger partial charge in [0.2, 0.25) is 15.9 Å². The van der Waals surface area contributed by atoms with Gasteiger partial charge in [-0.1, -0.05) is 269 Å². The van der Waals surface area contributed by atoms with E-state index in [0.29, 0.717) is 116 Å². The van der Waals surface area contributed by atoms with E-state index in [1.54, 1.807) is 24.8 Å². The Labute approximate surface area is 805 Å². The quantitative estimate of drug-likeness (QED) is 0.0307. The number of sulfonamides is 2. The highest BCUT2D eigenvalue weighted by molar-refractivity contribution is 7.93. The van der Waals surface area contributed by atoms with E-state index in [1.807, 2.05) is 116 Å². The van der Waals surface area contributed by atoms with Crippen molar-refractivity contribution in [3.05, 3.63) is 11.1 Å². The van der Waals surface area contributed by atoms with Crippen molar-refractivity contribution in [3.63, 3.8) is 0 Å². The minimum atomic E-state index is -3.58. The van der Waals surface area contributed by atoms with Crippen LogP contribution in [0.25, 0.3) is 0 Å². The van der Waals surface area contributed by atoms with Gasteiger partial charge in [-0.2, -0.15) is 5.11 Å². The number of aliphatic hydroxyl groups excluding tert-OH is 9. The normalized spacial score (nSPS) is 18.7. The Balaban J connectivity index is -0.000000454. The number of β-amino-alcohol motifs (C(OH)–C–C–N with tert-alkyl or cyclic N) is 1. The number of ether oxygens (including phenoxy) is 1. The molecule has 1 saturated carbocycles. The summed E-state index contributed by atoms with van der Waals surface area (Å²) in [6.45, 7) is 89.8. The third-order valence-corrected chi connectivity index (χ3v) is 25.1. The average molecular weight is 1910 g/mol. The number of aliphatic imine (C=N–C) groups is 2. The first-order valence-corrected chi connectivity index (χ1v) is 52.7. The summed E-state index contributed by atoms with van der Waals surface area (Å²) >= 11 is 0. The molecule has 131 heavy (non-hydrogen) atoms. The van der Waals surface area contributed by atoms with Crippen LogP contribution in [-0.2, 0) is 34.4 Å². The van der Waals surface area contributed by atoms with Gasteiger partial charge in [-0.15, -0.1) is 5.11 Å². The number of ketones is 1. The number of azo groups is 1. The van der Waals surface area contributed by atoms with E-state index in [4.69, 9.17) is 4.74 Å². The van der Waals surface area contributed by atoms with Crippen LogP contribution < -0.4 is 9.44 Å². The fourth-order valence-corrected chi connectivity index (χ4v) is 16.7. The molecule has 11 N–H and O–H groups in total. The Hall–Kier alpha value is -3.45. The van der Waals surface area contributed by atoms with Crippen molar-refractivity contribution < 1.29 is 81.9 Å². The standard InChI is InChI=1S/C14H27NO2.C14H28O2.C13H25NO2.C12H22N2O3S.C10H21NO3S.C10H22O3.C9H17N3O.C8H18O.2C7H16/c1-13(2,3)11-7-9-15(10-8-11)12(16)17-14(4,5)6;1-6-14(5,11-15)10-12(16)8-7-9-13(2,3)4;1-10-8-14(9-11(10)15)12(16)6-5-7-13(2,3)4;1-9-5-6-11(14-9)18(16,17)13-8-10(15)7-12(2,3)4;1-10(2,3)6-8(12)7-11-15(13,14)9-4-5-9;1-5-7(11)9(13)8(12)6-10(2,3)4;1-9(2,3)5-7(13)4-8-10-6-11-12-8;1-5-7(9)6-8(2,3)4;2*1-5-6-7(2,3)4/h11H,7-10H2,1-6H3;15H,6-11H2,1-5H3;10-11,15H,5-9H2,1-4H3;6,10,13,15H,5,7-8H2,1-4H3;8-9,11-12H,4-7H2,1-3H3;7-9,11-13H,5-6H2,1-4H3;7,13H,4-6H2,1-3H3;7,9H,5-6H2,1-4H3;2*5-6H2,1-4H3. The van der Waals surface area contributed by atoms with Gasteiger partial charge in [-0.25, -0.2) is 41.1 Å². The lowest BCUT2D eigenvalue weighted by atomic mass is 9.75. The van der Waals surface area contributed by atoms with Crippen LogP contribution in [0.2, 0.25) is 0 Å². The summed E-state index contributed by atoms with van der Waals surface area (Å²) in [6.07, 6.45) is 18.1. The SMILES string of the molecule is CC(C)(C)CC(O)CC1=NCN=N1.CC(C)(C)CC(O)CNS(=O)(=O)C1CC1.CC(C)(C)OC(=O)N1CCC(C(C)(C)C)CC1.CC1=NC(S(=O)(=O)NCC(O)CC(C)(C)C)=CC1.CC1CN(C(=O)CCCC(C)(C)C)CC1O.CCC(C)(CO)CC(=O)CCCC(C)(C)C.CCC(O)C(O)C(O)CC(C)(C)C.CCC(O)CC(C)(C)C.CCCC(C)(C)C.CCCC(C)(C)C. The van der Waals surface area contributed by atoms with E-state index in [-0.39, 0.29) is 98.7 Å². The van der Waals surface area contributed by atoms with Gasteiger partial charge in [0.25, 0.3) is 10.0 Å². The molecule has 0 aromatic carbocycles. The van der Waals surface area contributed by atoms with Gasteiger partial charge < -0.3 is 60.5 Å². The predicted molar refractivity (Wildman–Crippen MR) is 550 cm³/mol. The average Bonchev–Trinajstić information content (AvgIpc) is 1.81. The molecule has 1 aliphatic carbocycles. The largest absolute Gasteiger partial charge is 0.444 e. The summed E-state index contributed by atoms with van der Waals surface area (Å²) < 4.78 is 56.8. The van der Waals surface area contributed by atoms with Crippen molar-refractivity contribution >= 4 is 49.4 Å². The maximum Gasteiger partial charge on any atom is 0.410 e. The van der Waals surface area contributed by atoms with Crippen molar-refractivity contribution in [2.24, 2.45) is 91.6 Å². The number of hydrogen-bond acceptors (Lipinski definition) is 21. The number of rotatable bonds is 31. The summed E-state index contributed by atoms with van der Waals surface area (Å²) in [4.78, 5) is 47.1. The molecule has 782 valence electrons. The van der Waals surface area contributed by atoms with E-state index in [0.717, 1.165) is 102 Å². The van der Waals surface area contributed by atoms with Crippen LogP contribution in [0.1, 0.15) is 444 Å². The molecule has 5 rings (SSSR count). The number of carbonyl (C=O) groups is 3. The molecule has 2 saturated heterocycles. The first kappa shape index (κ1) is 136. The maximum absolute atomic E-state index is 11.9. The monoisotopic (exact) mass is 1910 g/mol. The summed E-state index contributed by atoms with van der Waals surface area (Å²) in [6, 6.07) is 0. The van der Waals surface area contributed by atoms with E-state index in [2.05, 4.69) is 189 Å². The van der Waals surface area contributed by atoms with Crippen LogP contribution in [0.3, 0.4) is 0 Å². The molecule has 5 aliphatic rings. The highest BCUT2D eigenvalue weighted by atomic mass is 32.2. The second-order valence-electron chi connectivity index (χ2n) is 51.0. The number of nitrogens with zero attached hydrogens (tertiary/aromatic N) is 6. The Morgan fingerprint density at radius 3 is 1.25 bits per heavy atom. The van der Waals surface area contributed by atoms with Crippen LogP contribution in [0, 0.1) is 71.4 Å². The molecule has 0 radical (unpaired) electrons. The maximum atomic E-state index is 11.9. The van der Waals surface area contributed by atoms with Crippen LogP contribution in [0.5, 0.6) is 0 Å². The van der Waals surface area contributed by atoms with Crippen molar-refractivity contribution in [2.75, 3.05) is 52.5 Å². The zero-order valence-corrected chi connectivity index (χ0v) is 93.7. The molecule has 4 heterocycles. The minimum absolute atomic E-state index is 0.0183. The smallest absolute Gasteiger partial charge is 0.410 e. The third kappa shape index (κ3) is 82.2. The van der Waals surface area contributed by atoms with Crippen LogP contribution in [-0.4, -0.2) is 214 Å². The van der Waals surface area contributed by atoms with E-state index in [1.165, 1.54) is 25.7 Å². The molecular weight excluding hydrogens is 1700 g/mol. The molecule has 0 bridgehead atoms. The topological polar surface area (TPSA) is 391 Å². The Morgan fingerprint density at radius 2 is 0.939 bits per heavy atom. The van der Waals surface area contributed by atoms with E-state index in [9.17, 15) is 77.2 Å². The van der Waals surface area contributed by atoms with Crippen LogP contribution in [0.15, 0.2) is 31.3 Å². The molecule has 3 fully saturated rings. The number of amides is 2. The Morgan fingerprint density at radius 1 is 0.519 bits per heavy atom. The number of carbonyl (C=O) groups excluding carboxylic acids is 3. The lowest BCUT2D eigenvalue weighted by molar-refractivity contribution is -0.130. The first-order valence-electron chi connectivity index (χ1n) is 49.7. The Bertz CT molecular complexity index is 3390. The summed E-state index contributed by atoms with van der Waals surface area (Å²) in [5.74, 6) is 2.11. The van der Waals surface area contributed by atoms with Gasteiger partial charge in [0.1, 0.15) is 23.3 Å². The fourth-order valence-electron chi connectivity index (χ4n) is 14.2. The molecule has 10 unspecified atom stereocenters. The molecular formula is C104H212N8O17S2. The molecule has 0 aromatic rings. The summed E-state index contributed by atoms with van der Waals surface area (Å²) in [5, 5.41) is 92.7. The molecule has 2 amide bonds. The predicted octanol–water partition coefficient (Wildman–Crippen LogP) is 22.3. The highest BCUT2D eigenvalue weighted by Gasteiger charge is 2.38. The number of hydrogen-bond donors (Lipinski definition) is 11. The van der Waals surface area contributed by atoms with Crippen molar-refractivity contribution in [1.82, 2.24) is 19.2 Å². The summed E-state index contributed by atoms with van der Waals surface area (Å²) in [5.41, 5.74) is 2.62. The molecule has 0 aromatic heterocycles. The van der Waals surface area contributed by atoms with Gasteiger partial charge >= 0.3 is 6.09 Å². The van der Waals surface area contributed by atoms with Gasteiger partial charge in [-0.05, 0) is 215 Å². The zero-order valence-electron chi connectivity index (χ0n) is 92.1. The molecule has 27 heteroatoms. The van der Waals surface area contributed by atoms with Crippen LogP contribution >= 0.6 is 0 Å². The highest BCUT2D eigenvalue weighted by Crippen LogP contribution is 2.36. The van der Waals surface area contributed by atoms with E-state index >= 15 is 0 Å². The number of allylic oxidation sites excluding steroid dienone is 1. The lowest BCUT2D eigenvalue weighted by Gasteiger charge is -2.39. The zero-order chi connectivity index (χ0) is 104. The first-order chi connectivity index (χ1) is 58.7. The van der Waals surface area contributed by atoms with Crippen LogP contribution in [0.4, 0.5) is 4.79 Å². The number of Topliss-reactive ketones (excluding diaryl/α,β-unsaturated/α-hetero) is 1. The second kappa shape index (κ2) is 62.6. The second-order valence-corrected chi connectivity index (χ2v) is 54.8. The summed E-state index contributed by atoms with van der Waals surface area (Å²) in [7, 11) is -6.73. The molecule has 4 aliphatic heterocycles. The Kier molecular flexibility index (Phi) is 65.0. The molecule has 0 spiro atoms. The van der Waals surface area contributed by atoms with Crippen molar-refractivity contribution in [2.45, 2.75) is 504 Å². The lowest BCUT2D eigenvalue weighted by Crippen LogP contribution is -2.43. The van der Waals surface area contributed by atoms with Gasteiger partial charge in [0.05, 0.1) is 48.0 Å². The minimum Gasteiger partial charge on any atom is -0.444 e. The van der Waals surface area contributed by atoms with Gasteiger partial charge in [0, 0.05) is 89.6 Å². The fraction of sp³-hybridized carbons (Fsp3) is 0.933. The van der Waals surface area contributed by atoms with Crippen molar-refractivity contribution in [3.8, 4) is 0 Å². The number of amidine groups is 1. The number of aliphatic hydroxyl groups is 9. The van der Waals surface area contributed by atoms with Crippen molar-refractivity contribution in [1.29, 1.82) is 0 Å². The van der Waals surface area contributed by atoms with Gasteiger partial charge in [-0.3, -0.25) is 9.59 Å². The van der Waals surface area contributed by atoms with Gasteiger partial charge in [0.15, 0.2) is 11.7 Å². The van der Waals surface area contributed by atoms with E-state index < -0.39 is 56.2 Å². The number of piperidine rings is 1. The molecule has 25 nitrogen and oxygen atoms in total. The molecule has 10 atom stereocenters. The number of nitrogens with one attached hydrogen (secondary N) is 2.